The van der Waals surface area contributed by atoms with E-state index >= 15 is 0 Å². The van der Waals surface area contributed by atoms with Gasteiger partial charge in [-0.25, -0.2) is 0 Å². The van der Waals surface area contributed by atoms with Crippen molar-refractivity contribution in [2.45, 2.75) is 160 Å². The maximum Gasteiger partial charge on any atom is 0.239 e. The largest absolute Gasteiger partial charge is 0.356 e. The van der Waals surface area contributed by atoms with E-state index < -0.39 is 18.1 Å². The Hall–Kier alpha value is -1.67. The molecule has 14 N–H and O–H groups in total. The van der Waals surface area contributed by atoms with Crippen molar-refractivity contribution in [2.24, 2.45) is 34.4 Å². The molecule has 0 aromatic heterocycles. The Morgan fingerprint density at radius 3 is 0.985 bits per heavy atom. The van der Waals surface area contributed by atoms with Gasteiger partial charge in [-0.15, -0.1) is 74.4 Å². The summed E-state index contributed by atoms with van der Waals surface area (Å²) in [6.45, 7) is 9.14. The molecule has 0 saturated heterocycles. The maximum atomic E-state index is 13.8. The van der Waals surface area contributed by atoms with Crippen molar-refractivity contribution in [3.8, 4) is 0 Å². The van der Waals surface area contributed by atoms with Crippen LogP contribution in [0.2, 0.25) is 0 Å². The minimum Gasteiger partial charge on any atom is -0.356 e. The number of carbonyl (C=O) groups excluding carboxylic acids is 5. The van der Waals surface area contributed by atoms with Crippen molar-refractivity contribution >= 4 is 104 Å². The van der Waals surface area contributed by atoms with Crippen molar-refractivity contribution in [3.63, 3.8) is 0 Å². The van der Waals surface area contributed by atoms with E-state index in [4.69, 9.17) is 34.4 Å². The second kappa shape index (κ2) is 55.3. The fraction of sp³-hybridized carbons (Fsp3) is 0.800. The number of halogens is 6. The van der Waals surface area contributed by atoms with Crippen LogP contribution >= 0.6 is 74.4 Å². The first-order chi connectivity index (χ1) is 29.5. The molecular formula is C45H95Cl6N11O5. The van der Waals surface area contributed by atoms with Crippen LogP contribution in [0.1, 0.15) is 142 Å². The van der Waals surface area contributed by atoms with Crippen LogP contribution in [0.25, 0.3) is 0 Å². The highest BCUT2D eigenvalue weighted by molar-refractivity contribution is 5.86. The summed E-state index contributed by atoms with van der Waals surface area (Å²) in [5.41, 5.74) is 36.2. The molecule has 0 unspecified atom stereocenters. The summed E-state index contributed by atoms with van der Waals surface area (Å²) in [4.78, 5) is 70.7. The standard InChI is InChI=1S/C45H89N11O5.6ClH/c1-3-5-7-9-25-41(57)52-30-19-34-54(43(59)38(49)22-11-14-27-46)32-17-18-33-55(44(60)39(50)23-12-15-28-47)36-21-37-56(45(61)40(51)24-13-16-29-48)35-20-31-53-42(58)26-10-8-6-4-2;;;;;;/h5-8,38-40H,3-4,9-37,46-51H2,1-2H3,(H,52,57)(H,53,58);6*1H/b7-5-,8-6-;;;;;;/t38-,39-,40-;;;;;;/m0....../s1. The second-order valence-corrected chi connectivity index (χ2v) is 16.0. The molecule has 22 heteroatoms. The fourth-order valence-corrected chi connectivity index (χ4v) is 6.82. The fourth-order valence-electron chi connectivity index (χ4n) is 6.82. The van der Waals surface area contributed by atoms with Gasteiger partial charge in [-0.3, -0.25) is 24.0 Å². The lowest BCUT2D eigenvalue weighted by Crippen LogP contribution is -2.47. The van der Waals surface area contributed by atoms with Gasteiger partial charge in [-0.2, -0.15) is 0 Å². The Morgan fingerprint density at radius 1 is 0.418 bits per heavy atom. The molecule has 16 nitrogen and oxygen atoms in total. The lowest BCUT2D eigenvalue weighted by molar-refractivity contribution is -0.135. The number of hydrogen-bond acceptors (Lipinski definition) is 11. The number of allylic oxidation sites excluding steroid dienone is 4. The van der Waals surface area contributed by atoms with Gasteiger partial charge >= 0.3 is 0 Å². The van der Waals surface area contributed by atoms with Gasteiger partial charge in [0.2, 0.25) is 29.5 Å². The van der Waals surface area contributed by atoms with Crippen molar-refractivity contribution in [2.75, 3.05) is 72.0 Å². The molecule has 0 spiro atoms. The van der Waals surface area contributed by atoms with E-state index in [0.717, 1.165) is 51.4 Å². The SMILES string of the molecule is CC/C=C\CCC(=O)NCCCN(CCCCN(CCCN(CCCNC(=O)CC/C=C\CC)C(=O)[C@@H](N)CCCCN)C(=O)[C@@H](N)CCCCN)C(=O)[C@@H](N)CCCCN.Cl.Cl.Cl.Cl.Cl.Cl. The minimum absolute atomic E-state index is 0. The first-order valence-corrected chi connectivity index (χ1v) is 23.5. The highest BCUT2D eigenvalue weighted by Gasteiger charge is 2.25. The summed E-state index contributed by atoms with van der Waals surface area (Å²) in [7, 11) is 0. The molecule has 3 atom stereocenters. The van der Waals surface area contributed by atoms with Crippen LogP contribution in [0, 0.1) is 0 Å². The van der Waals surface area contributed by atoms with Crippen LogP contribution in [-0.2, 0) is 24.0 Å². The molecule has 0 aromatic rings. The molecule has 0 saturated carbocycles. The zero-order valence-corrected chi connectivity index (χ0v) is 45.7. The Balaban J connectivity index is -0.00000120. The summed E-state index contributed by atoms with van der Waals surface area (Å²) in [6, 6.07) is -1.98. The number of carbonyl (C=O) groups is 5. The van der Waals surface area contributed by atoms with E-state index in [2.05, 4.69) is 24.5 Å². The normalized spacial score (nSPS) is 11.8. The van der Waals surface area contributed by atoms with Crippen molar-refractivity contribution in [1.29, 1.82) is 0 Å². The van der Waals surface area contributed by atoms with Crippen molar-refractivity contribution in [3.05, 3.63) is 24.3 Å². The molecule has 0 aromatic carbocycles. The third-order valence-corrected chi connectivity index (χ3v) is 10.5. The number of amides is 5. The summed E-state index contributed by atoms with van der Waals surface area (Å²) in [5.74, 6) is -0.477. The second-order valence-electron chi connectivity index (χ2n) is 16.0. The number of hydrogen-bond donors (Lipinski definition) is 8. The first kappa shape index (κ1) is 79.5. The average Bonchev–Trinajstić information content (AvgIpc) is 3.25. The smallest absolute Gasteiger partial charge is 0.239 e. The summed E-state index contributed by atoms with van der Waals surface area (Å²) >= 11 is 0. The average molecular weight is 1080 g/mol. The van der Waals surface area contributed by atoms with Gasteiger partial charge in [0.15, 0.2) is 0 Å². The number of rotatable bonds is 40. The van der Waals surface area contributed by atoms with Crippen molar-refractivity contribution < 1.29 is 24.0 Å². The molecule has 0 aliphatic carbocycles. The summed E-state index contributed by atoms with van der Waals surface area (Å²) in [5, 5.41) is 5.91. The number of unbranched alkanes of at least 4 members (excludes halogenated alkanes) is 4. The Kier molecular flexibility index (Phi) is 65.5. The van der Waals surface area contributed by atoms with Gasteiger partial charge in [-0.05, 0) is 116 Å². The van der Waals surface area contributed by atoms with E-state index in [1.54, 1.807) is 14.7 Å². The highest BCUT2D eigenvalue weighted by Crippen LogP contribution is 2.11. The summed E-state index contributed by atoms with van der Waals surface area (Å²) in [6.07, 6.45) is 21.3. The lowest BCUT2D eigenvalue weighted by atomic mass is 10.1. The van der Waals surface area contributed by atoms with E-state index in [9.17, 15) is 24.0 Å². The first-order valence-electron chi connectivity index (χ1n) is 23.5. The molecule has 0 rings (SSSR count). The van der Waals surface area contributed by atoms with Gasteiger partial charge in [0.1, 0.15) is 0 Å². The van der Waals surface area contributed by atoms with Crippen LogP contribution < -0.4 is 45.0 Å². The third kappa shape index (κ3) is 42.9. The lowest BCUT2D eigenvalue weighted by Gasteiger charge is -2.30. The van der Waals surface area contributed by atoms with Crippen LogP contribution in [0.15, 0.2) is 24.3 Å². The Morgan fingerprint density at radius 2 is 0.701 bits per heavy atom. The predicted molar refractivity (Wildman–Crippen MR) is 292 cm³/mol. The van der Waals surface area contributed by atoms with Crippen molar-refractivity contribution in [1.82, 2.24) is 25.3 Å². The highest BCUT2D eigenvalue weighted by atomic mass is 35.5. The maximum absolute atomic E-state index is 13.8. The molecule has 0 aliphatic rings. The predicted octanol–water partition coefficient (Wildman–Crippen LogP) is 5.05. The quantitative estimate of drug-likeness (QED) is 0.0297. The van der Waals surface area contributed by atoms with E-state index in [0.29, 0.717) is 149 Å². The molecule has 67 heavy (non-hydrogen) atoms. The molecule has 0 radical (unpaired) electrons. The topological polar surface area (TPSA) is 275 Å². The van der Waals surface area contributed by atoms with Crippen LogP contribution in [0.5, 0.6) is 0 Å². The zero-order valence-electron chi connectivity index (χ0n) is 40.8. The zero-order chi connectivity index (χ0) is 45.5. The summed E-state index contributed by atoms with van der Waals surface area (Å²) < 4.78 is 0. The van der Waals surface area contributed by atoms with Crippen LogP contribution in [0.3, 0.4) is 0 Å². The number of nitrogens with one attached hydrogen (secondary N) is 2. The number of nitrogens with two attached hydrogens (primary N) is 6. The number of nitrogens with zero attached hydrogens (tertiary/aromatic N) is 3. The monoisotopic (exact) mass is 1080 g/mol. The van der Waals surface area contributed by atoms with E-state index in [1.807, 2.05) is 24.3 Å². The molecule has 402 valence electrons. The molecular weight excluding hydrogens is 987 g/mol. The minimum atomic E-state index is -0.677. The third-order valence-electron chi connectivity index (χ3n) is 10.5. The van der Waals surface area contributed by atoms with Gasteiger partial charge in [0.05, 0.1) is 18.1 Å². The molecule has 0 fully saturated rings. The van der Waals surface area contributed by atoms with Crippen LogP contribution in [-0.4, -0.2) is 134 Å². The van der Waals surface area contributed by atoms with Gasteiger partial charge in [0, 0.05) is 65.2 Å². The van der Waals surface area contributed by atoms with Gasteiger partial charge < -0.3 is 59.7 Å². The van der Waals surface area contributed by atoms with Crippen LogP contribution in [0.4, 0.5) is 0 Å². The van der Waals surface area contributed by atoms with E-state index in [-0.39, 0.29) is 104 Å². The van der Waals surface area contributed by atoms with E-state index in [1.165, 1.54) is 0 Å². The Bertz CT molecular complexity index is 1250. The molecule has 0 bridgehead atoms. The molecule has 0 aliphatic heterocycles. The molecule has 0 heterocycles. The molecule has 5 amide bonds. The van der Waals surface area contributed by atoms with Gasteiger partial charge in [0.25, 0.3) is 0 Å². The Labute approximate surface area is 442 Å². The van der Waals surface area contributed by atoms with Gasteiger partial charge in [-0.1, -0.05) is 57.4 Å².